The van der Waals surface area contributed by atoms with Gasteiger partial charge in [-0.15, -0.1) is 0 Å². The van der Waals surface area contributed by atoms with E-state index in [1.807, 2.05) is 24.3 Å². The number of morpholine rings is 1. The molecular weight excluding hydrogens is 370 g/mol. The summed E-state index contributed by atoms with van der Waals surface area (Å²) in [6, 6.07) is 7.12. The molecule has 0 bridgehead atoms. The van der Waals surface area contributed by atoms with E-state index in [-0.39, 0.29) is 11.9 Å². The van der Waals surface area contributed by atoms with Gasteiger partial charge < -0.3 is 14.8 Å². The minimum Gasteiger partial charge on any atom is -0.494 e. The van der Waals surface area contributed by atoms with Crippen molar-refractivity contribution >= 4 is 11.9 Å². The Morgan fingerprint density at radius 3 is 2.45 bits per heavy atom. The summed E-state index contributed by atoms with van der Waals surface area (Å²) in [5.41, 5.74) is -0.294. The van der Waals surface area contributed by atoms with Crippen LogP contribution in [0.25, 0.3) is 0 Å². The number of nitrogens with zero attached hydrogens (tertiary/aromatic N) is 2. The third kappa shape index (κ3) is 5.28. The molecule has 0 aliphatic carbocycles. The molecule has 1 aromatic rings. The maximum absolute atomic E-state index is 13.0. The van der Waals surface area contributed by atoms with Crippen LogP contribution in [0.4, 0.5) is 4.79 Å². The molecule has 0 aromatic heterocycles. The molecule has 1 N–H and O–H groups in total. The van der Waals surface area contributed by atoms with E-state index in [1.54, 1.807) is 6.92 Å². The van der Waals surface area contributed by atoms with Crippen LogP contribution in [0.2, 0.25) is 0 Å². The zero-order valence-corrected chi connectivity index (χ0v) is 17.6. The SMILES string of the molecule is CCCCCCCOc1ccc([C@@]2(C)NC(=O)N(CN3CCOCC3)C2=O)cc1. The third-order valence-corrected chi connectivity index (χ3v) is 5.67. The Hall–Kier alpha value is -2.12. The highest BCUT2D eigenvalue weighted by Crippen LogP contribution is 2.30. The largest absolute Gasteiger partial charge is 0.494 e. The Balaban J connectivity index is 1.56. The zero-order chi connectivity index (χ0) is 20.7. The molecular formula is C22H33N3O4. The predicted molar refractivity (Wildman–Crippen MR) is 111 cm³/mol. The molecule has 0 unspecified atom stereocenters. The lowest BCUT2D eigenvalue weighted by molar-refractivity contribution is -0.133. The maximum Gasteiger partial charge on any atom is 0.326 e. The Morgan fingerprint density at radius 2 is 1.76 bits per heavy atom. The Labute approximate surface area is 173 Å². The topological polar surface area (TPSA) is 71.1 Å². The molecule has 2 aliphatic rings. The third-order valence-electron chi connectivity index (χ3n) is 5.67. The first-order valence-corrected chi connectivity index (χ1v) is 10.7. The molecule has 7 heteroatoms. The molecule has 2 aliphatic heterocycles. The summed E-state index contributed by atoms with van der Waals surface area (Å²) in [6.45, 7) is 7.65. The van der Waals surface area contributed by atoms with Gasteiger partial charge in [0.15, 0.2) is 0 Å². The predicted octanol–water partition coefficient (Wildman–Crippen LogP) is 3.09. The van der Waals surface area contributed by atoms with Crippen LogP contribution in [-0.2, 0) is 15.1 Å². The molecule has 29 heavy (non-hydrogen) atoms. The summed E-state index contributed by atoms with van der Waals surface area (Å²) < 4.78 is 11.1. The van der Waals surface area contributed by atoms with Crippen molar-refractivity contribution in [2.75, 3.05) is 39.6 Å². The summed E-state index contributed by atoms with van der Waals surface area (Å²) in [4.78, 5) is 28.9. The second-order valence-electron chi connectivity index (χ2n) is 7.95. The number of ether oxygens (including phenoxy) is 2. The zero-order valence-electron chi connectivity index (χ0n) is 17.6. The molecule has 0 spiro atoms. The van der Waals surface area contributed by atoms with Crippen molar-refractivity contribution in [1.82, 2.24) is 15.1 Å². The van der Waals surface area contributed by atoms with Crippen LogP contribution in [0.5, 0.6) is 5.75 Å². The molecule has 2 saturated heterocycles. The van der Waals surface area contributed by atoms with Gasteiger partial charge in [0.05, 0.1) is 26.5 Å². The fourth-order valence-corrected chi connectivity index (χ4v) is 3.74. The van der Waals surface area contributed by atoms with Crippen molar-refractivity contribution in [3.8, 4) is 5.75 Å². The Kier molecular flexibility index (Phi) is 7.50. The quantitative estimate of drug-likeness (QED) is 0.480. The highest BCUT2D eigenvalue weighted by molar-refractivity contribution is 6.07. The van der Waals surface area contributed by atoms with E-state index in [0.29, 0.717) is 26.5 Å². The average Bonchev–Trinajstić information content (AvgIpc) is 2.96. The second-order valence-corrected chi connectivity index (χ2v) is 7.95. The van der Waals surface area contributed by atoms with Crippen LogP contribution >= 0.6 is 0 Å². The van der Waals surface area contributed by atoms with Crippen molar-refractivity contribution in [2.45, 2.75) is 51.5 Å². The molecule has 7 nitrogen and oxygen atoms in total. The lowest BCUT2D eigenvalue weighted by Gasteiger charge is -2.30. The molecule has 1 atom stereocenters. The lowest BCUT2D eigenvalue weighted by Crippen LogP contribution is -2.47. The molecule has 0 radical (unpaired) electrons. The Morgan fingerprint density at radius 1 is 1.07 bits per heavy atom. The van der Waals surface area contributed by atoms with Crippen molar-refractivity contribution in [3.05, 3.63) is 29.8 Å². The molecule has 1 aromatic carbocycles. The highest BCUT2D eigenvalue weighted by Gasteiger charge is 2.49. The van der Waals surface area contributed by atoms with Crippen LogP contribution in [0.1, 0.15) is 51.5 Å². The summed E-state index contributed by atoms with van der Waals surface area (Å²) in [5, 5.41) is 2.87. The number of hydrogen-bond donors (Lipinski definition) is 1. The number of imide groups is 1. The van der Waals surface area contributed by atoms with Crippen LogP contribution in [0.15, 0.2) is 24.3 Å². The van der Waals surface area contributed by atoms with Crippen molar-refractivity contribution in [2.24, 2.45) is 0 Å². The molecule has 0 saturated carbocycles. The molecule has 3 rings (SSSR count). The van der Waals surface area contributed by atoms with Crippen molar-refractivity contribution < 1.29 is 19.1 Å². The van der Waals surface area contributed by atoms with E-state index in [0.717, 1.165) is 30.8 Å². The minimum absolute atomic E-state index is 0.224. The first-order valence-electron chi connectivity index (χ1n) is 10.7. The number of hydrogen-bond acceptors (Lipinski definition) is 5. The molecule has 2 heterocycles. The summed E-state index contributed by atoms with van der Waals surface area (Å²) in [7, 11) is 0. The fraction of sp³-hybridized carbons (Fsp3) is 0.636. The number of urea groups is 1. The fourth-order valence-electron chi connectivity index (χ4n) is 3.74. The Bertz CT molecular complexity index is 688. The van der Waals surface area contributed by atoms with Gasteiger partial charge in [0.25, 0.3) is 5.91 Å². The van der Waals surface area contributed by atoms with Gasteiger partial charge in [-0.2, -0.15) is 0 Å². The first kappa shape index (κ1) is 21.6. The first-order chi connectivity index (χ1) is 14.0. The van der Waals surface area contributed by atoms with E-state index in [1.165, 1.54) is 30.6 Å². The van der Waals surface area contributed by atoms with E-state index >= 15 is 0 Å². The number of benzene rings is 1. The van der Waals surface area contributed by atoms with Crippen LogP contribution in [0, 0.1) is 0 Å². The average molecular weight is 404 g/mol. The van der Waals surface area contributed by atoms with Crippen LogP contribution in [0.3, 0.4) is 0 Å². The smallest absolute Gasteiger partial charge is 0.326 e. The second kappa shape index (κ2) is 10.1. The molecule has 2 fully saturated rings. The molecule has 3 amide bonds. The summed E-state index contributed by atoms with van der Waals surface area (Å²) in [5.74, 6) is 0.563. The maximum atomic E-state index is 13.0. The van der Waals surface area contributed by atoms with E-state index < -0.39 is 5.54 Å². The van der Waals surface area contributed by atoms with Gasteiger partial charge in [0.2, 0.25) is 0 Å². The van der Waals surface area contributed by atoms with Crippen LogP contribution < -0.4 is 10.1 Å². The monoisotopic (exact) mass is 403 g/mol. The van der Waals surface area contributed by atoms with Gasteiger partial charge in [-0.05, 0) is 31.0 Å². The van der Waals surface area contributed by atoms with Gasteiger partial charge in [-0.1, -0.05) is 44.7 Å². The normalized spacial score (nSPS) is 22.8. The van der Waals surface area contributed by atoms with Crippen molar-refractivity contribution in [1.29, 1.82) is 0 Å². The minimum atomic E-state index is -1.05. The van der Waals surface area contributed by atoms with E-state index in [4.69, 9.17) is 9.47 Å². The summed E-state index contributed by atoms with van der Waals surface area (Å²) in [6.07, 6.45) is 5.99. The highest BCUT2D eigenvalue weighted by atomic mass is 16.5. The van der Waals surface area contributed by atoms with Gasteiger partial charge in [-0.3, -0.25) is 9.69 Å². The van der Waals surface area contributed by atoms with Crippen LogP contribution in [-0.4, -0.2) is 61.3 Å². The lowest BCUT2D eigenvalue weighted by atomic mass is 9.92. The van der Waals surface area contributed by atoms with E-state index in [2.05, 4.69) is 17.1 Å². The van der Waals surface area contributed by atoms with Gasteiger partial charge in [-0.25, -0.2) is 9.69 Å². The molecule has 160 valence electrons. The van der Waals surface area contributed by atoms with Gasteiger partial charge in [0.1, 0.15) is 11.3 Å². The number of carbonyl (C=O) groups is 2. The van der Waals surface area contributed by atoms with Crippen molar-refractivity contribution in [3.63, 3.8) is 0 Å². The number of rotatable bonds is 10. The number of unbranched alkanes of at least 4 members (excludes halogenated alkanes) is 4. The number of carbonyl (C=O) groups excluding carboxylic acids is 2. The van der Waals surface area contributed by atoms with Gasteiger partial charge in [0, 0.05) is 13.1 Å². The number of nitrogens with one attached hydrogen (secondary N) is 1. The van der Waals surface area contributed by atoms with E-state index in [9.17, 15) is 9.59 Å². The van der Waals surface area contributed by atoms with Gasteiger partial charge >= 0.3 is 6.03 Å². The number of amides is 3. The summed E-state index contributed by atoms with van der Waals surface area (Å²) >= 11 is 0. The standard InChI is InChI=1S/C22H33N3O4/c1-3-4-5-6-7-14-29-19-10-8-18(9-11-19)22(2)20(26)25(21(27)23-22)17-24-12-15-28-16-13-24/h8-11H,3-7,12-17H2,1-2H3,(H,23,27)/t22-/m1/s1.